The third kappa shape index (κ3) is 5.62. The molecule has 6 rings (SSSR count). The molecule has 0 bridgehead atoms. The molecule has 43 heavy (non-hydrogen) atoms. The Labute approximate surface area is 261 Å². The quantitative estimate of drug-likeness (QED) is 0.117. The molecular weight excluding hydrogens is 610 g/mol. The molecule has 1 saturated carbocycles. The number of nitrogens with two attached hydrogens (primary N) is 1. The molecule has 2 aliphatic heterocycles. The first-order valence-corrected chi connectivity index (χ1v) is 16.3. The number of alkyl halides is 1. The molecule has 1 aromatic heterocycles. The van der Waals surface area contributed by atoms with E-state index in [9.17, 15) is 19.5 Å². The lowest BCUT2D eigenvalue weighted by atomic mass is 9.95. The minimum absolute atomic E-state index is 0.0982. The van der Waals surface area contributed by atoms with Crippen molar-refractivity contribution >= 4 is 69.7 Å². The molecule has 2 fully saturated rings. The molecule has 10 nitrogen and oxygen atoms in total. The van der Waals surface area contributed by atoms with Gasteiger partial charge in [-0.25, -0.2) is 9.78 Å². The Morgan fingerprint density at radius 3 is 2.56 bits per heavy atom. The van der Waals surface area contributed by atoms with Gasteiger partial charge in [0, 0.05) is 22.6 Å². The number of benzene rings is 2. The number of β-lactam (4-membered cyclic amide) rings is 1. The zero-order chi connectivity index (χ0) is 30.1. The number of halogens is 1. The summed E-state index contributed by atoms with van der Waals surface area (Å²) in [5, 5.41) is 15.2. The van der Waals surface area contributed by atoms with E-state index in [1.807, 2.05) is 48.5 Å². The van der Waals surface area contributed by atoms with Crippen LogP contribution < -0.4 is 10.6 Å². The molecule has 3 heterocycles. The van der Waals surface area contributed by atoms with Crippen LogP contribution in [0.25, 0.3) is 16.7 Å². The van der Waals surface area contributed by atoms with Crippen molar-refractivity contribution in [2.45, 2.75) is 49.1 Å². The lowest BCUT2D eigenvalue weighted by Gasteiger charge is -2.52. The van der Waals surface area contributed by atoms with Gasteiger partial charge in [-0.05, 0) is 54.0 Å². The van der Waals surface area contributed by atoms with Gasteiger partial charge in [0.25, 0.3) is 11.8 Å². The van der Waals surface area contributed by atoms with Gasteiger partial charge in [0.2, 0.25) is 5.84 Å². The minimum atomic E-state index is -1.22. The van der Waals surface area contributed by atoms with Crippen LogP contribution in [0.5, 0.6) is 0 Å². The molecule has 0 spiro atoms. The van der Waals surface area contributed by atoms with Crippen LogP contribution in [-0.4, -0.2) is 61.9 Å². The van der Waals surface area contributed by atoms with Crippen molar-refractivity contribution in [1.29, 1.82) is 0 Å². The second-order valence-corrected chi connectivity index (χ2v) is 12.5. The van der Waals surface area contributed by atoms with Crippen LogP contribution in [0.2, 0.25) is 0 Å². The SMILES string of the molecule is N/C(=N\OC1CCCC1)C(=O)N(c1cscn1)[C@@H]1C(=O)N2C(C(=O)O)=C(c3cccc(-c4ccc(CCl)cc4)c3)CS[C@@H]12. The molecule has 222 valence electrons. The number of amidine groups is 1. The molecule has 1 aliphatic carbocycles. The maximum absolute atomic E-state index is 13.7. The average Bonchev–Trinajstić information content (AvgIpc) is 3.76. The van der Waals surface area contributed by atoms with Gasteiger partial charge in [-0.3, -0.25) is 19.4 Å². The number of rotatable bonds is 8. The second kappa shape index (κ2) is 12.4. The molecule has 3 N–H and O–H groups in total. The Kier molecular flexibility index (Phi) is 8.42. The molecule has 2 amide bonds. The van der Waals surface area contributed by atoms with E-state index in [2.05, 4.69) is 10.1 Å². The number of aromatic nitrogens is 1. The van der Waals surface area contributed by atoms with Crippen LogP contribution in [0.15, 0.2) is 70.3 Å². The van der Waals surface area contributed by atoms with Gasteiger partial charge in [0.1, 0.15) is 29.0 Å². The van der Waals surface area contributed by atoms with Crippen LogP contribution in [-0.2, 0) is 25.1 Å². The Morgan fingerprint density at radius 1 is 1.14 bits per heavy atom. The normalized spacial score (nSPS) is 20.5. The Bertz CT molecular complexity index is 1610. The number of carboxylic acids is 1. The Hall–Kier alpha value is -3.87. The largest absolute Gasteiger partial charge is 0.477 e. The number of carbonyl (C=O) groups excluding carboxylic acids is 2. The van der Waals surface area contributed by atoms with Crippen LogP contribution in [0, 0.1) is 0 Å². The monoisotopic (exact) mass is 637 g/mol. The van der Waals surface area contributed by atoms with Crippen molar-refractivity contribution < 1.29 is 24.3 Å². The highest BCUT2D eigenvalue weighted by atomic mass is 35.5. The number of nitrogens with zero attached hydrogens (tertiary/aromatic N) is 4. The summed E-state index contributed by atoms with van der Waals surface area (Å²) < 4.78 is 0. The van der Waals surface area contributed by atoms with E-state index in [0.717, 1.165) is 42.4 Å². The van der Waals surface area contributed by atoms with E-state index in [1.165, 1.54) is 32.9 Å². The molecule has 3 aliphatic rings. The molecule has 0 unspecified atom stereocenters. The van der Waals surface area contributed by atoms with Gasteiger partial charge in [-0.15, -0.1) is 34.7 Å². The van der Waals surface area contributed by atoms with Crippen LogP contribution in [0.1, 0.15) is 36.8 Å². The Balaban J connectivity index is 1.30. The standard InChI is InChI=1S/C30H28ClN5O5S2/c31-13-17-8-10-18(11-9-17)19-4-3-5-20(12-19)22-14-43-29-25(27(37)36(29)24(22)30(39)40)35(23-15-42-16-33-23)28(38)26(32)34-41-21-6-1-2-7-21/h3-5,8-12,15-16,21,25,29H,1-2,6-7,13-14H2,(H2,32,34)(H,39,40)/t25-,29+/m1/s1. The number of aliphatic carboxylic acids is 1. The number of thioether (sulfide) groups is 1. The van der Waals surface area contributed by atoms with E-state index in [1.54, 1.807) is 10.9 Å². The summed E-state index contributed by atoms with van der Waals surface area (Å²) in [5.41, 5.74) is 11.6. The summed E-state index contributed by atoms with van der Waals surface area (Å²) in [4.78, 5) is 52.1. The van der Waals surface area contributed by atoms with Crippen molar-refractivity contribution in [3.63, 3.8) is 0 Å². The topological polar surface area (TPSA) is 138 Å². The summed E-state index contributed by atoms with van der Waals surface area (Å²) in [5.74, 6) is -1.90. The fourth-order valence-electron chi connectivity index (χ4n) is 5.58. The van der Waals surface area contributed by atoms with E-state index in [4.69, 9.17) is 22.2 Å². The number of carboxylic acid groups (broad SMARTS) is 1. The number of amides is 2. The summed E-state index contributed by atoms with van der Waals surface area (Å²) in [6.07, 6.45) is 3.63. The average molecular weight is 638 g/mol. The van der Waals surface area contributed by atoms with Crippen LogP contribution in [0.4, 0.5) is 5.82 Å². The van der Waals surface area contributed by atoms with Gasteiger partial charge >= 0.3 is 5.97 Å². The highest BCUT2D eigenvalue weighted by molar-refractivity contribution is 8.00. The summed E-state index contributed by atoms with van der Waals surface area (Å²) in [7, 11) is 0. The zero-order valence-corrected chi connectivity index (χ0v) is 25.3. The van der Waals surface area contributed by atoms with Gasteiger partial charge in [-0.1, -0.05) is 47.6 Å². The van der Waals surface area contributed by atoms with Gasteiger partial charge in [-0.2, -0.15) is 0 Å². The van der Waals surface area contributed by atoms with Gasteiger partial charge < -0.3 is 15.7 Å². The van der Waals surface area contributed by atoms with E-state index in [0.29, 0.717) is 22.8 Å². The predicted molar refractivity (Wildman–Crippen MR) is 167 cm³/mol. The van der Waals surface area contributed by atoms with Crippen LogP contribution in [0.3, 0.4) is 0 Å². The maximum atomic E-state index is 13.7. The fourth-order valence-corrected chi connectivity index (χ4v) is 7.71. The molecule has 13 heteroatoms. The first-order valence-electron chi connectivity index (χ1n) is 13.7. The predicted octanol–water partition coefficient (Wildman–Crippen LogP) is 4.89. The fraction of sp³-hybridized carbons (Fsp3) is 0.300. The number of hydrogen-bond donors (Lipinski definition) is 2. The van der Waals surface area contributed by atoms with Crippen molar-refractivity contribution in [3.8, 4) is 11.1 Å². The number of carbonyl (C=O) groups is 3. The molecule has 1 saturated heterocycles. The first kappa shape index (κ1) is 29.2. The van der Waals surface area contributed by atoms with Crippen molar-refractivity contribution in [3.05, 3.63) is 76.2 Å². The molecule has 0 radical (unpaired) electrons. The van der Waals surface area contributed by atoms with Crippen molar-refractivity contribution in [2.75, 3.05) is 10.7 Å². The summed E-state index contributed by atoms with van der Waals surface area (Å²) in [6, 6.07) is 14.4. The van der Waals surface area contributed by atoms with Crippen molar-refractivity contribution in [2.24, 2.45) is 10.9 Å². The van der Waals surface area contributed by atoms with E-state index < -0.39 is 35.0 Å². The minimum Gasteiger partial charge on any atom is -0.477 e. The van der Waals surface area contributed by atoms with Gasteiger partial charge in [0.05, 0.1) is 5.51 Å². The molecule has 2 atom stereocenters. The van der Waals surface area contributed by atoms with E-state index in [-0.39, 0.29) is 17.6 Å². The number of anilines is 1. The molecule has 2 aromatic carbocycles. The smallest absolute Gasteiger partial charge is 0.352 e. The Morgan fingerprint density at radius 2 is 1.88 bits per heavy atom. The second-order valence-electron chi connectivity index (χ2n) is 10.4. The number of oxime groups is 1. The molecular formula is C30H28ClN5O5S2. The maximum Gasteiger partial charge on any atom is 0.352 e. The van der Waals surface area contributed by atoms with Crippen molar-refractivity contribution in [1.82, 2.24) is 9.88 Å². The lowest BCUT2D eigenvalue weighted by molar-refractivity contribution is -0.148. The van der Waals surface area contributed by atoms with Gasteiger partial charge in [0.15, 0.2) is 0 Å². The lowest BCUT2D eigenvalue weighted by Crippen LogP contribution is -2.72. The molecule has 3 aromatic rings. The third-order valence-corrected chi connectivity index (χ3v) is 9.93. The summed E-state index contributed by atoms with van der Waals surface area (Å²) in [6.45, 7) is 0. The zero-order valence-electron chi connectivity index (χ0n) is 22.9. The van der Waals surface area contributed by atoms with Crippen LogP contribution >= 0.6 is 34.7 Å². The number of thiazole rings is 1. The highest BCUT2D eigenvalue weighted by Gasteiger charge is 2.58. The first-order chi connectivity index (χ1) is 20.9. The number of fused-ring (bicyclic) bond motifs is 1. The number of hydrogen-bond acceptors (Lipinski definition) is 8. The summed E-state index contributed by atoms with van der Waals surface area (Å²) >= 11 is 8.57. The van der Waals surface area contributed by atoms with E-state index >= 15 is 0 Å². The third-order valence-electron chi connectivity index (χ3n) is 7.78. The highest BCUT2D eigenvalue weighted by Crippen LogP contribution is 2.46.